The monoisotopic (exact) mass is 291 g/mol. The first-order chi connectivity index (χ1) is 10.1. The number of rotatable bonds is 6. The maximum Gasteiger partial charge on any atom is 0.138 e. The number of nitrogens with one attached hydrogen (secondary N) is 1. The molecule has 1 aromatic rings. The molecule has 3 N–H and O–H groups in total. The molecule has 21 heavy (non-hydrogen) atoms. The zero-order valence-corrected chi connectivity index (χ0v) is 13.5. The normalized spacial score (nSPS) is 24.0. The molecule has 3 unspecified atom stereocenters. The largest absolute Gasteiger partial charge is 0.489 e. The molecule has 0 aromatic carbocycles. The van der Waals surface area contributed by atoms with Gasteiger partial charge in [-0.3, -0.25) is 16.3 Å². The highest BCUT2D eigenvalue weighted by Gasteiger charge is 2.28. The van der Waals surface area contributed by atoms with Gasteiger partial charge in [-0.2, -0.15) is 0 Å². The van der Waals surface area contributed by atoms with E-state index in [1.165, 1.54) is 32.1 Å². The van der Waals surface area contributed by atoms with Gasteiger partial charge in [0, 0.05) is 6.20 Å². The van der Waals surface area contributed by atoms with E-state index in [4.69, 9.17) is 10.6 Å². The third-order valence-corrected chi connectivity index (χ3v) is 4.52. The fourth-order valence-electron chi connectivity index (χ4n) is 3.45. The van der Waals surface area contributed by atoms with Gasteiger partial charge in [0.1, 0.15) is 5.75 Å². The Hall–Kier alpha value is -1.13. The lowest BCUT2D eigenvalue weighted by molar-refractivity contribution is 0.208. The van der Waals surface area contributed by atoms with Crippen molar-refractivity contribution in [2.75, 3.05) is 0 Å². The van der Waals surface area contributed by atoms with Crippen LogP contribution in [-0.2, 0) is 0 Å². The van der Waals surface area contributed by atoms with Crippen LogP contribution in [0.15, 0.2) is 18.5 Å². The van der Waals surface area contributed by atoms with Crippen LogP contribution >= 0.6 is 0 Å². The molecular formula is C17H29N3O. The topological polar surface area (TPSA) is 60.2 Å². The molecule has 1 aromatic heterocycles. The zero-order chi connectivity index (χ0) is 15.2. The molecule has 1 aliphatic rings. The Kier molecular flexibility index (Phi) is 6.00. The Morgan fingerprint density at radius 1 is 1.38 bits per heavy atom. The molecule has 0 saturated heterocycles. The number of nitrogens with zero attached hydrogens (tertiary/aromatic N) is 1. The third kappa shape index (κ3) is 4.42. The maximum atomic E-state index is 5.86. The second-order valence-electron chi connectivity index (χ2n) is 6.47. The number of nitrogens with two attached hydrogens (primary N) is 1. The van der Waals surface area contributed by atoms with Crippen molar-refractivity contribution in [3.8, 4) is 5.75 Å². The van der Waals surface area contributed by atoms with E-state index in [-0.39, 0.29) is 12.1 Å². The number of ether oxygens (including phenoxy) is 1. The van der Waals surface area contributed by atoms with Crippen LogP contribution in [0.25, 0.3) is 0 Å². The standard InChI is InChI=1S/C17H29N3O/c1-4-13-6-5-7-14(8-13)17(20-18)15-9-16(11-19-10-15)21-12(2)3/h9-14,17,20H,4-8,18H2,1-3H3. The Morgan fingerprint density at radius 2 is 2.19 bits per heavy atom. The average Bonchev–Trinajstić information content (AvgIpc) is 2.48. The molecule has 118 valence electrons. The van der Waals surface area contributed by atoms with Crippen molar-refractivity contribution < 1.29 is 4.74 Å². The van der Waals surface area contributed by atoms with Gasteiger partial charge in [0.05, 0.1) is 18.3 Å². The predicted molar refractivity (Wildman–Crippen MR) is 85.8 cm³/mol. The Balaban J connectivity index is 2.12. The first kappa shape index (κ1) is 16.2. The SMILES string of the molecule is CCC1CCCC(C(NN)c2cncc(OC(C)C)c2)C1. The summed E-state index contributed by atoms with van der Waals surface area (Å²) in [7, 11) is 0. The second-order valence-corrected chi connectivity index (χ2v) is 6.47. The number of hydrogen-bond acceptors (Lipinski definition) is 4. The lowest BCUT2D eigenvalue weighted by Gasteiger charge is -2.34. The molecule has 4 nitrogen and oxygen atoms in total. The van der Waals surface area contributed by atoms with Gasteiger partial charge in [0.15, 0.2) is 0 Å². The minimum absolute atomic E-state index is 0.158. The van der Waals surface area contributed by atoms with Crippen LogP contribution in [0.1, 0.15) is 64.5 Å². The van der Waals surface area contributed by atoms with Crippen LogP contribution < -0.4 is 16.0 Å². The van der Waals surface area contributed by atoms with E-state index in [0.29, 0.717) is 5.92 Å². The summed E-state index contributed by atoms with van der Waals surface area (Å²) >= 11 is 0. The lowest BCUT2D eigenvalue weighted by Crippen LogP contribution is -2.36. The molecule has 3 atom stereocenters. The molecule has 4 heteroatoms. The van der Waals surface area contributed by atoms with E-state index in [9.17, 15) is 0 Å². The van der Waals surface area contributed by atoms with Crippen LogP contribution in [0.2, 0.25) is 0 Å². The van der Waals surface area contributed by atoms with E-state index in [1.54, 1.807) is 6.20 Å². The number of aromatic nitrogens is 1. The molecule has 1 aliphatic carbocycles. The van der Waals surface area contributed by atoms with Crippen molar-refractivity contribution in [1.82, 2.24) is 10.4 Å². The van der Waals surface area contributed by atoms with Crippen LogP contribution in [0.4, 0.5) is 0 Å². The predicted octanol–water partition coefficient (Wildman–Crippen LogP) is 3.59. The van der Waals surface area contributed by atoms with Gasteiger partial charge in [-0.1, -0.05) is 26.2 Å². The van der Waals surface area contributed by atoms with E-state index in [0.717, 1.165) is 17.2 Å². The Labute approximate surface area is 128 Å². The minimum atomic E-state index is 0.158. The van der Waals surface area contributed by atoms with Crippen LogP contribution in [-0.4, -0.2) is 11.1 Å². The highest BCUT2D eigenvalue weighted by molar-refractivity contribution is 5.26. The van der Waals surface area contributed by atoms with Gasteiger partial charge >= 0.3 is 0 Å². The molecule has 0 bridgehead atoms. The van der Waals surface area contributed by atoms with Gasteiger partial charge in [-0.25, -0.2) is 0 Å². The van der Waals surface area contributed by atoms with Gasteiger partial charge in [0.25, 0.3) is 0 Å². The summed E-state index contributed by atoms with van der Waals surface area (Å²) in [6, 6.07) is 2.25. The van der Waals surface area contributed by atoms with Crippen molar-refractivity contribution in [2.24, 2.45) is 17.7 Å². The summed E-state index contributed by atoms with van der Waals surface area (Å²) in [5, 5.41) is 0. The summed E-state index contributed by atoms with van der Waals surface area (Å²) in [5.74, 6) is 8.10. The van der Waals surface area contributed by atoms with Gasteiger partial charge in [0.2, 0.25) is 0 Å². The van der Waals surface area contributed by atoms with E-state index >= 15 is 0 Å². The molecular weight excluding hydrogens is 262 g/mol. The minimum Gasteiger partial charge on any atom is -0.489 e. The Bertz CT molecular complexity index is 436. The van der Waals surface area contributed by atoms with Crippen LogP contribution in [0, 0.1) is 11.8 Å². The quantitative estimate of drug-likeness (QED) is 0.621. The highest BCUT2D eigenvalue weighted by Crippen LogP contribution is 2.38. The number of pyridine rings is 1. The van der Waals surface area contributed by atoms with Gasteiger partial charge in [-0.15, -0.1) is 0 Å². The molecule has 0 radical (unpaired) electrons. The summed E-state index contributed by atoms with van der Waals surface area (Å²) in [6.45, 7) is 6.34. The summed E-state index contributed by atoms with van der Waals surface area (Å²) < 4.78 is 5.75. The fourth-order valence-corrected chi connectivity index (χ4v) is 3.45. The highest BCUT2D eigenvalue weighted by atomic mass is 16.5. The van der Waals surface area contributed by atoms with Crippen molar-refractivity contribution in [3.05, 3.63) is 24.0 Å². The average molecular weight is 291 g/mol. The Morgan fingerprint density at radius 3 is 2.86 bits per heavy atom. The fraction of sp³-hybridized carbons (Fsp3) is 0.706. The molecule has 1 fully saturated rings. The summed E-state index contributed by atoms with van der Waals surface area (Å²) in [5.41, 5.74) is 4.15. The summed E-state index contributed by atoms with van der Waals surface area (Å²) in [4.78, 5) is 4.32. The van der Waals surface area contributed by atoms with Crippen molar-refractivity contribution in [2.45, 2.75) is 65.0 Å². The van der Waals surface area contributed by atoms with Gasteiger partial charge < -0.3 is 4.74 Å². The smallest absolute Gasteiger partial charge is 0.138 e. The third-order valence-electron chi connectivity index (χ3n) is 4.52. The summed E-state index contributed by atoms with van der Waals surface area (Å²) in [6.07, 6.45) is 10.3. The van der Waals surface area contributed by atoms with Crippen molar-refractivity contribution in [3.63, 3.8) is 0 Å². The number of hydrogen-bond donors (Lipinski definition) is 2. The molecule has 1 heterocycles. The van der Waals surface area contributed by atoms with Gasteiger partial charge in [-0.05, 0) is 50.2 Å². The zero-order valence-electron chi connectivity index (χ0n) is 13.5. The molecule has 2 rings (SSSR count). The van der Waals surface area contributed by atoms with E-state index in [2.05, 4.69) is 23.4 Å². The number of hydrazine groups is 1. The molecule has 1 saturated carbocycles. The van der Waals surface area contributed by atoms with E-state index < -0.39 is 0 Å². The van der Waals surface area contributed by atoms with Crippen LogP contribution in [0.5, 0.6) is 5.75 Å². The maximum absolute atomic E-state index is 5.86. The molecule has 0 amide bonds. The van der Waals surface area contributed by atoms with E-state index in [1.807, 2.05) is 20.0 Å². The second kappa shape index (κ2) is 7.76. The molecule has 0 aliphatic heterocycles. The van der Waals surface area contributed by atoms with Crippen molar-refractivity contribution in [1.29, 1.82) is 0 Å². The van der Waals surface area contributed by atoms with Crippen LogP contribution in [0.3, 0.4) is 0 Å². The first-order valence-corrected chi connectivity index (χ1v) is 8.21. The van der Waals surface area contributed by atoms with Crippen molar-refractivity contribution >= 4 is 0 Å². The first-order valence-electron chi connectivity index (χ1n) is 8.21. The lowest BCUT2D eigenvalue weighted by atomic mass is 9.75. The molecule has 0 spiro atoms.